The Hall–Kier alpha value is -4.40. The van der Waals surface area contributed by atoms with Crippen LogP contribution in [0, 0.1) is 5.82 Å². The van der Waals surface area contributed by atoms with Gasteiger partial charge in [-0.1, -0.05) is 30.3 Å². The molecule has 0 unspecified atom stereocenters. The summed E-state index contributed by atoms with van der Waals surface area (Å²) in [6.45, 7) is 1.41. The molecule has 0 fully saturated rings. The summed E-state index contributed by atoms with van der Waals surface area (Å²) in [6, 6.07) is 19.1. The molecular weight excluding hydrogens is 453 g/mol. The largest absolute Gasteiger partial charge is 0.497 e. The predicted octanol–water partition coefficient (Wildman–Crippen LogP) is 3.95. The molecule has 0 saturated heterocycles. The molecule has 3 amide bonds. The summed E-state index contributed by atoms with van der Waals surface area (Å²) in [6.07, 6.45) is 0. The van der Waals surface area contributed by atoms with Gasteiger partial charge in [0.2, 0.25) is 5.91 Å². The second kappa shape index (κ2) is 12.2. The number of hydrogen-bond donors (Lipinski definition) is 2. The van der Waals surface area contributed by atoms with Gasteiger partial charge in [-0.05, 0) is 43.3 Å². The van der Waals surface area contributed by atoms with Gasteiger partial charge in [0.25, 0.3) is 11.8 Å². The van der Waals surface area contributed by atoms with Crippen molar-refractivity contribution in [2.24, 2.45) is 0 Å². The molecule has 0 bridgehead atoms. The van der Waals surface area contributed by atoms with Crippen LogP contribution in [0.4, 0.5) is 15.8 Å². The predicted molar refractivity (Wildman–Crippen MR) is 130 cm³/mol. The molecule has 3 aromatic rings. The Morgan fingerprint density at radius 1 is 0.914 bits per heavy atom. The Labute approximate surface area is 202 Å². The maximum absolute atomic E-state index is 13.7. The molecule has 0 spiro atoms. The number of nitrogens with one attached hydrogen (secondary N) is 2. The molecule has 0 atom stereocenters. The van der Waals surface area contributed by atoms with E-state index in [9.17, 15) is 18.8 Å². The molecule has 182 valence electrons. The SMILES string of the molecule is CCN(CC(=O)Nc1cccc(OC)c1)C(=O)c1ccccc1OCC(=O)Nc1ccccc1F. The van der Waals surface area contributed by atoms with E-state index in [1.165, 1.54) is 30.2 Å². The van der Waals surface area contributed by atoms with E-state index in [1.54, 1.807) is 61.5 Å². The van der Waals surface area contributed by atoms with Gasteiger partial charge >= 0.3 is 0 Å². The molecule has 9 heteroatoms. The highest BCUT2D eigenvalue weighted by Crippen LogP contribution is 2.21. The van der Waals surface area contributed by atoms with Crippen molar-refractivity contribution < 1.29 is 28.2 Å². The van der Waals surface area contributed by atoms with Crippen molar-refractivity contribution >= 4 is 29.1 Å². The molecule has 0 aliphatic rings. The lowest BCUT2D eigenvalue weighted by Crippen LogP contribution is -2.38. The van der Waals surface area contributed by atoms with Gasteiger partial charge in [-0.3, -0.25) is 14.4 Å². The van der Waals surface area contributed by atoms with Gasteiger partial charge in [-0.2, -0.15) is 0 Å². The fourth-order valence-corrected chi connectivity index (χ4v) is 3.23. The van der Waals surface area contributed by atoms with Crippen molar-refractivity contribution in [3.63, 3.8) is 0 Å². The highest BCUT2D eigenvalue weighted by atomic mass is 19.1. The van der Waals surface area contributed by atoms with Crippen molar-refractivity contribution in [2.75, 3.05) is 37.4 Å². The Morgan fingerprint density at radius 3 is 2.40 bits per heavy atom. The average molecular weight is 480 g/mol. The molecule has 0 heterocycles. The van der Waals surface area contributed by atoms with E-state index in [-0.39, 0.29) is 36.0 Å². The minimum atomic E-state index is -0.581. The van der Waals surface area contributed by atoms with E-state index >= 15 is 0 Å². The highest BCUT2D eigenvalue weighted by molar-refractivity contribution is 6.01. The Balaban J connectivity index is 1.64. The first kappa shape index (κ1) is 25.2. The minimum Gasteiger partial charge on any atom is -0.497 e. The maximum atomic E-state index is 13.7. The number of amides is 3. The number of nitrogens with zero attached hydrogens (tertiary/aromatic N) is 1. The minimum absolute atomic E-state index is 0.0321. The van der Waals surface area contributed by atoms with Crippen LogP contribution in [0.15, 0.2) is 72.8 Å². The van der Waals surface area contributed by atoms with Crippen LogP contribution in [-0.4, -0.2) is 49.4 Å². The number of anilines is 2. The number of methoxy groups -OCH3 is 1. The van der Waals surface area contributed by atoms with Crippen LogP contribution in [0.1, 0.15) is 17.3 Å². The summed E-state index contributed by atoms with van der Waals surface area (Å²) in [7, 11) is 1.53. The van der Waals surface area contributed by atoms with Gasteiger partial charge in [0.15, 0.2) is 6.61 Å². The number of ether oxygens (including phenoxy) is 2. The zero-order chi connectivity index (χ0) is 25.2. The van der Waals surface area contributed by atoms with Crippen LogP contribution >= 0.6 is 0 Å². The van der Waals surface area contributed by atoms with Crippen molar-refractivity contribution in [1.29, 1.82) is 0 Å². The number of rotatable bonds is 10. The van der Waals surface area contributed by atoms with Crippen LogP contribution in [0.3, 0.4) is 0 Å². The third-order valence-corrected chi connectivity index (χ3v) is 4.98. The molecule has 0 aliphatic carbocycles. The third-order valence-electron chi connectivity index (χ3n) is 4.98. The lowest BCUT2D eigenvalue weighted by Gasteiger charge is -2.22. The first-order valence-corrected chi connectivity index (χ1v) is 10.9. The summed E-state index contributed by atoms with van der Waals surface area (Å²) in [5, 5.41) is 5.17. The molecule has 0 saturated carbocycles. The number of hydrogen-bond acceptors (Lipinski definition) is 5. The molecular formula is C26H26FN3O5. The number of carbonyl (C=O) groups excluding carboxylic acids is 3. The Morgan fingerprint density at radius 2 is 1.66 bits per heavy atom. The normalized spacial score (nSPS) is 10.3. The first-order chi connectivity index (χ1) is 16.9. The zero-order valence-electron chi connectivity index (χ0n) is 19.4. The van der Waals surface area contributed by atoms with Crippen molar-refractivity contribution in [3.05, 3.63) is 84.2 Å². The highest BCUT2D eigenvalue weighted by Gasteiger charge is 2.21. The third kappa shape index (κ3) is 7.04. The van der Waals surface area contributed by atoms with E-state index in [0.717, 1.165) is 0 Å². The number of benzene rings is 3. The fraction of sp³-hybridized carbons (Fsp3) is 0.192. The molecule has 3 aromatic carbocycles. The molecule has 8 nitrogen and oxygen atoms in total. The zero-order valence-corrected chi connectivity index (χ0v) is 19.4. The Kier molecular flexibility index (Phi) is 8.77. The first-order valence-electron chi connectivity index (χ1n) is 10.9. The summed E-state index contributed by atoms with van der Waals surface area (Å²) in [4.78, 5) is 39.3. The van der Waals surface area contributed by atoms with Crippen molar-refractivity contribution in [1.82, 2.24) is 4.90 Å². The molecule has 35 heavy (non-hydrogen) atoms. The molecule has 0 radical (unpaired) electrons. The lowest BCUT2D eigenvalue weighted by molar-refractivity contribution is -0.118. The number of para-hydroxylation sites is 2. The van der Waals surface area contributed by atoms with E-state index in [4.69, 9.17) is 9.47 Å². The maximum Gasteiger partial charge on any atom is 0.262 e. The van der Waals surface area contributed by atoms with Crippen LogP contribution in [0.25, 0.3) is 0 Å². The van der Waals surface area contributed by atoms with Gasteiger partial charge in [0.05, 0.1) is 18.4 Å². The van der Waals surface area contributed by atoms with Crippen LogP contribution in [0.5, 0.6) is 11.5 Å². The summed E-state index contributed by atoms with van der Waals surface area (Å²) < 4.78 is 24.5. The van der Waals surface area contributed by atoms with Crippen LogP contribution in [0.2, 0.25) is 0 Å². The quantitative estimate of drug-likeness (QED) is 0.459. The van der Waals surface area contributed by atoms with Gasteiger partial charge < -0.3 is 25.0 Å². The van der Waals surface area contributed by atoms with Crippen LogP contribution < -0.4 is 20.1 Å². The van der Waals surface area contributed by atoms with Gasteiger partial charge in [-0.25, -0.2) is 4.39 Å². The molecule has 2 N–H and O–H groups in total. The van der Waals surface area contributed by atoms with Crippen LogP contribution in [-0.2, 0) is 9.59 Å². The van der Waals surface area contributed by atoms with E-state index < -0.39 is 24.2 Å². The van der Waals surface area contributed by atoms with Gasteiger partial charge in [-0.15, -0.1) is 0 Å². The monoisotopic (exact) mass is 479 g/mol. The summed E-state index contributed by atoms with van der Waals surface area (Å²) in [5.74, 6) is -1.19. The molecule has 3 rings (SSSR count). The topological polar surface area (TPSA) is 97.0 Å². The van der Waals surface area contributed by atoms with Gasteiger partial charge in [0.1, 0.15) is 23.9 Å². The lowest BCUT2D eigenvalue weighted by atomic mass is 10.1. The standard InChI is InChI=1S/C26H26FN3O5/c1-3-30(16-24(31)28-18-9-8-10-19(15-18)34-2)26(33)20-11-4-7-14-23(20)35-17-25(32)29-22-13-6-5-12-21(22)27/h4-15H,3,16-17H2,1-2H3,(H,28,31)(H,29,32). The van der Waals surface area contributed by atoms with E-state index in [0.29, 0.717) is 11.4 Å². The number of halogens is 1. The van der Waals surface area contributed by atoms with Crippen molar-refractivity contribution in [2.45, 2.75) is 6.92 Å². The second-order valence-corrected chi connectivity index (χ2v) is 7.41. The van der Waals surface area contributed by atoms with E-state index in [2.05, 4.69) is 10.6 Å². The average Bonchev–Trinajstić information content (AvgIpc) is 2.87. The smallest absolute Gasteiger partial charge is 0.262 e. The van der Waals surface area contributed by atoms with Crippen molar-refractivity contribution in [3.8, 4) is 11.5 Å². The van der Waals surface area contributed by atoms with E-state index in [1.807, 2.05) is 0 Å². The second-order valence-electron chi connectivity index (χ2n) is 7.41. The molecule has 0 aromatic heterocycles. The fourth-order valence-electron chi connectivity index (χ4n) is 3.23. The Bertz CT molecular complexity index is 1200. The summed E-state index contributed by atoms with van der Waals surface area (Å²) in [5.41, 5.74) is 0.773. The molecule has 0 aliphatic heterocycles. The van der Waals surface area contributed by atoms with Gasteiger partial charge in [0, 0.05) is 18.3 Å². The number of carbonyl (C=O) groups is 3. The summed E-state index contributed by atoms with van der Waals surface area (Å²) >= 11 is 0. The number of likely N-dealkylation sites (N-methyl/N-ethyl adjacent to an activating group) is 1.